The molecule has 0 bridgehead atoms. The summed E-state index contributed by atoms with van der Waals surface area (Å²) >= 11 is 12.3. The quantitative estimate of drug-likeness (QED) is 0.708. The van der Waals surface area contributed by atoms with Crippen molar-refractivity contribution in [2.45, 2.75) is 6.92 Å². The van der Waals surface area contributed by atoms with Crippen LogP contribution in [0.4, 0.5) is 0 Å². The first-order valence-electron chi connectivity index (χ1n) is 7.63. The minimum atomic E-state index is 0.450. The van der Waals surface area contributed by atoms with E-state index in [0.29, 0.717) is 29.0 Å². The molecule has 4 nitrogen and oxygen atoms in total. The van der Waals surface area contributed by atoms with Gasteiger partial charge in [0.1, 0.15) is 6.61 Å². The average molecular weight is 347 g/mol. The summed E-state index contributed by atoms with van der Waals surface area (Å²) in [5, 5.41) is 1.09. The second kappa shape index (κ2) is 8.94. The van der Waals surface area contributed by atoms with Crippen LogP contribution in [0.5, 0.6) is 5.75 Å². The maximum Gasteiger partial charge on any atom is 0.156 e. The van der Waals surface area contributed by atoms with Gasteiger partial charge in [0.2, 0.25) is 0 Å². The molecule has 124 valence electrons. The monoisotopic (exact) mass is 346 g/mol. The van der Waals surface area contributed by atoms with Crippen LogP contribution in [0.1, 0.15) is 5.56 Å². The SMILES string of the molecule is Cc1cc(Cl)c(OCCOCCN2CCN(C)CC2)c(Cl)c1. The van der Waals surface area contributed by atoms with Crippen LogP contribution in [0.25, 0.3) is 0 Å². The maximum atomic E-state index is 6.13. The van der Waals surface area contributed by atoms with Gasteiger partial charge in [-0.1, -0.05) is 23.2 Å². The summed E-state index contributed by atoms with van der Waals surface area (Å²) in [6.07, 6.45) is 0. The summed E-state index contributed by atoms with van der Waals surface area (Å²) in [6, 6.07) is 3.69. The lowest BCUT2D eigenvalue weighted by atomic mass is 10.2. The predicted octanol–water partition coefficient (Wildman–Crippen LogP) is 2.94. The Labute approximate surface area is 142 Å². The normalized spacial score (nSPS) is 16.9. The molecule has 1 fully saturated rings. The molecular formula is C16H24Cl2N2O2. The van der Waals surface area contributed by atoms with Crippen molar-refractivity contribution in [3.05, 3.63) is 27.7 Å². The topological polar surface area (TPSA) is 24.9 Å². The molecule has 22 heavy (non-hydrogen) atoms. The maximum absolute atomic E-state index is 6.13. The van der Waals surface area contributed by atoms with Gasteiger partial charge in [-0.15, -0.1) is 0 Å². The lowest BCUT2D eigenvalue weighted by Gasteiger charge is -2.32. The van der Waals surface area contributed by atoms with Crippen molar-refractivity contribution in [2.75, 3.05) is 59.6 Å². The molecule has 1 saturated heterocycles. The summed E-state index contributed by atoms with van der Waals surface area (Å²) in [6.45, 7) is 9.13. The van der Waals surface area contributed by atoms with Gasteiger partial charge in [-0.05, 0) is 31.7 Å². The zero-order chi connectivity index (χ0) is 15.9. The molecule has 1 aromatic rings. The van der Waals surface area contributed by atoms with Crippen LogP contribution >= 0.6 is 23.2 Å². The van der Waals surface area contributed by atoms with Gasteiger partial charge in [0.15, 0.2) is 5.75 Å². The van der Waals surface area contributed by atoms with Crippen LogP contribution in [0.3, 0.4) is 0 Å². The highest BCUT2D eigenvalue weighted by Gasteiger charge is 2.13. The van der Waals surface area contributed by atoms with Crippen molar-refractivity contribution in [3.63, 3.8) is 0 Å². The number of aryl methyl sites for hydroxylation is 1. The molecule has 0 spiro atoms. The molecule has 1 aromatic carbocycles. The fourth-order valence-corrected chi connectivity index (χ4v) is 3.10. The molecular weight excluding hydrogens is 323 g/mol. The van der Waals surface area contributed by atoms with E-state index in [4.69, 9.17) is 32.7 Å². The van der Waals surface area contributed by atoms with E-state index in [1.54, 1.807) is 0 Å². The van der Waals surface area contributed by atoms with Crippen molar-refractivity contribution in [3.8, 4) is 5.75 Å². The van der Waals surface area contributed by atoms with Crippen LogP contribution in [0.15, 0.2) is 12.1 Å². The highest BCUT2D eigenvalue weighted by molar-refractivity contribution is 6.37. The average Bonchev–Trinajstić information content (AvgIpc) is 2.46. The molecule has 0 N–H and O–H groups in total. The largest absolute Gasteiger partial charge is 0.488 e. The van der Waals surface area contributed by atoms with Gasteiger partial charge in [-0.25, -0.2) is 0 Å². The summed E-state index contributed by atoms with van der Waals surface area (Å²) in [7, 11) is 2.16. The van der Waals surface area contributed by atoms with E-state index >= 15 is 0 Å². The fourth-order valence-electron chi connectivity index (χ4n) is 2.39. The second-order valence-corrected chi connectivity index (χ2v) is 6.48. The Morgan fingerprint density at radius 3 is 2.27 bits per heavy atom. The molecule has 6 heteroatoms. The lowest BCUT2D eigenvalue weighted by molar-refractivity contribution is 0.0658. The summed E-state index contributed by atoms with van der Waals surface area (Å²) in [4.78, 5) is 4.77. The predicted molar refractivity (Wildman–Crippen MR) is 91.5 cm³/mol. The highest BCUT2D eigenvalue weighted by atomic mass is 35.5. The first kappa shape index (κ1) is 17.8. The second-order valence-electron chi connectivity index (χ2n) is 5.66. The molecule has 0 radical (unpaired) electrons. The summed E-state index contributed by atoms with van der Waals surface area (Å²) < 4.78 is 11.2. The molecule has 0 amide bonds. The van der Waals surface area contributed by atoms with E-state index < -0.39 is 0 Å². The van der Waals surface area contributed by atoms with Crippen LogP contribution in [0, 0.1) is 6.92 Å². The van der Waals surface area contributed by atoms with Crippen molar-refractivity contribution >= 4 is 23.2 Å². The Hall–Kier alpha value is -0.520. The number of rotatable bonds is 7. The van der Waals surface area contributed by atoms with Crippen molar-refractivity contribution in [1.29, 1.82) is 0 Å². The van der Waals surface area contributed by atoms with Gasteiger partial charge in [-0.3, -0.25) is 4.90 Å². The minimum absolute atomic E-state index is 0.450. The van der Waals surface area contributed by atoms with Crippen LogP contribution in [-0.2, 0) is 4.74 Å². The Balaban J connectivity index is 1.60. The van der Waals surface area contributed by atoms with Gasteiger partial charge in [-0.2, -0.15) is 0 Å². The Bertz CT molecular complexity index is 454. The number of piperazine rings is 1. The molecule has 2 rings (SSSR count). The molecule has 0 aromatic heterocycles. The van der Waals surface area contributed by atoms with Gasteiger partial charge < -0.3 is 14.4 Å². The number of hydrogen-bond donors (Lipinski definition) is 0. The molecule has 0 unspecified atom stereocenters. The number of hydrogen-bond acceptors (Lipinski definition) is 4. The van der Waals surface area contributed by atoms with Gasteiger partial charge in [0, 0.05) is 32.7 Å². The third-order valence-electron chi connectivity index (χ3n) is 3.76. The number of benzene rings is 1. The molecule has 1 aliphatic rings. The molecule has 1 heterocycles. The first-order chi connectivity index (χ1) is 10.6. The zero-order valence-electron chi connectivity index (χ0n) is 13.3. The smallest absolute Gasteiger partial charge is 0.156 e. The lowest BCUT2D eigenvalue weighted by Crippen LogP contribution is -2.45. The van der Waals surface area contributed by atoms with Crippen LogP contribution in [0.2, 0.25) is 10.0 Å². The van der Waals surface area contributed by atoms with Crippen molar-refractivity contribution < 1.29 is 9.47 Å². The number of ether oxygens (including phenoxy) is 2. The third-order valence-corrected chi connectivity index (χ3v) is 4.33. The van der Waals surface area contributed by atoms with Crippen molar-refractivity contribution in [2.24, 2.45) is 0 Å². The molecule has 1 aliphatic heterocycles. The van der Waals surface area contributed by atoms with Crippen molar-refractivity contribution in [1.82, 2.24) is 9.80 Å². The van der Waals surface area contributed by atoms with E-state index in [0.717, 1.165) is 44.9 Å². The number of halogens is 2. The van der Waals surface area contributed by atoms with Crippen LogP contribution in [-0.4, -0.2) is 69.4 Å². The molecule has 0 aliphatic carbocycles. The minimum Gasteiger partial charge on any atom is -0.488 e. The number of likely N-dealkylation sites (N-methyl/N-ethyl adjacent to an activating group) is 1. The fraction of sp³-hybridized carbons (Fsp3) is 0.625. The molecule has 0 atom stereocenters. The zero-order valence-corrected chi connectivity index (χ0v) is 14.8. The van der Waals surface area contributed by atoms with E-state index in [1.807, 2.05) is 19.1 Å². The van der Waals surface area contributed by atoms with E-state index in [2.05, 4.69) is 16.8 Å². The summed E-state index contributed by atoms with van der Waals surface area (Å²) in [5.74, 6) is 0.539. The Kier molecular flexibility index (Phi) is 7.25. The van der Waals surface area contributed by atoms with Gasteiger partial charge in [0.25, 0.3) is 0 Å². The Morgan fingerprint density at radius 2 is 1.64 bits per heavy atom. The summed E-state index contributed by atoms with van der Waals surface area (Å²) in [5.41, 5.74) is 1.02. The van der Waals surface area contributed by atoms with E-state index in [9.17, 15) is 0 Å². The molecule has 0 saturated carbocycles. The van der Waals surface area contributed by atoms with E-state index in [-0.39, 0.29) is 0 Å². The standard InChI is InChI=1S/C16H24Cl2N2O2/c1-13-11-14(17)16(15(18)12-13)22-10-9-21-8-7-20-5-3-19(2)4-6-20/h11-12H,3-10H2,1-2H3. The highest BCUT2D eigenvalue weighted by Crippen LogP contribution is 2.33. The van der Waals surface area contributed by atoms with Gasteiger partial charge >= 0.3 is 0 Å². The van der Waals surface area contributed by atoms with E-state index in [1.165, 1.54) is 0 Å². The Morgan fingerprint density at radius 1 is 1.00 bits per heavy atom. The number of nitrogens with zero attached hydrogens (tertiary/aromatic N) is 2. The van der Waals surface area contributed by atoms with Crippen LogP contribution < -0.4 is 4.74 Å². The first-order valence-corrected chi connectivity index (χ1v) is 8.39. The third kappa shape index (κ3) is 5.60. The van der Waals surface area contributed by atoms with Gasteiger partial charge in [0.05, 0.1) is 23.3 Å².